The van der Waals surface area contributed by atoms with Gasteiger partial charge in [-0.1, -0.05) is 11.3 Å². The second-order valence-corrected chi connectivity index (χ2v) is 8.28. The summed E-state index contributed by atoms with van der Waals surface area (Å²) in [6.45, 7) is 2.50. The Balaban J connectivity index is 1.83. The largest absolute Gasteiger partial charge is 0.458 e. The monoisotopic (exact) mass is 454 g/mol. The molecule has 11 nitrogen and oxygen atoms in total. The van der Waals surface area contributed by atoms with Crippen LogP contribution in [0.2, 0.25) is 0 Å². The van der Waals surface area contributed by atoms with E-state index in [1.54, 1.807) is 6.07 Å². The van der Waals surface area contributed by atoms with Gasteiger partial charge in [-0.05, 0) is 37.5 Å². The van der Waals surface area contributed by atoms with Crippen molar-refractivity contribution in [2.45, 2.75) is 25.8 Å². The van der Waals surface area contributed by atoms with Crippen molar-refractivity contribution >= 4 is 50.4 Å². The minimum absolute atomic E-state index is 0.0436. The van der Waals surface area contributed by atoms with Crippen molar-refractivity contribution in [1.29, 1.82) is 0 Å². The number of esters is 1. The number of nitrogens with one attached hydrogen (secondary N) is 1. The number of hydrogen-bond acceptors (Lipinski definition) is 11. The fourth-order valence-electron chi connectivity index (χ4n) is 2.93. The molecule has 0 fully saturated rings. The van der Waals surface area contributed by atoms with Crippen LogP contribution in [-0.4, -0.2) is 58.0 Å². The number of aryl methyl sites for hydroxylation is 1. The molecule has 1 aromatic carbocycles. The average molecular weight is 455 g/mol. The number of methoxy groups -OCH3 is 1. The summed E-state index contributed by atoms with van der Waals surface area (Å²) in [6.07, 6.45) is 1.83. The normalized spacial score (nSPS) is 16.1. The molecule has 1 atom stereocenters. The van der Waals surface area contributed by atoms with Gasteiger partial charge in [0.25, 0.3) is 5.13 Å². The van der Waals surface area contributed by atoms with Gasteiger partial charge in [0.15, 0.2) is 0 Å². The molecule has 0 aliphatic carbocycles. The number of nitrogens with zero attached hydrogens (tertiary/aromatic N) is 5. The highest BCUT2D eigenvalue weighted by Gasteiger charge is 2.22. The molecule has 2 aromatic rings. The van der Waals surface area contributed by atoms with E-state index >= 15 is 0 Å². The number of thiol groups is 1. The van der Waals surface area contributed by atoms with E-state index in [1.165, 1.54) is 7.11 Å². The Bertz CT molecular complexity index is 1010. The fraction of sp³-hybridized carbons (Fsp3) is 0.471. The predicted molar refractivity (Wildman–Crippen MR) is 113 cm³/mol. The summed E-state index contributed by atoms with van der Waals surface area (Å²) in [6, 6.07) is 3.91. The first-order valence-electron chi connectivity index (χ1n) is 9.11. The highest BCUT2D eigenvalue weighted by Crippen LogP contribution is 2.38. The number of rotatable bonds is 8. The molecule has 0 saturated carbocycles. The second kappa shape index (κ2) is 9.91. The lowest BCUT2D eigenvalue weighted by atomic mass is 9.96. The highest BCUT2D eigenvalue weighted by atomic mass is 32.2. The number of benzene rings is 1. The minimum Gasteiger partial charge on any atom is -0.458 e. The molecule has 1 N–H and O–H groups in total. The summed E-state index contributed by atoms with van der Waals surface area (Å²) in [5, 5.41) is 15.9. The van der Waals surface area contributed by atoms with E-state index in [4.69, 9.17) is 9.47 Å². The maximum atomic E-state index is 11.9. The Labute approximate surface area is 179 Å². The molecule has 3 rings (SSSR count). The van der Waals surface area contributed by atoms with Crippen LogP contribution < -0.4 is 9.62 Å². The first kappa shape index (κ1) is 22.1. The van der Waals surface area contributed by atoms with Gasteiger partial charge in [-0.25, -0.2) is 13.2 Å². The number of hydrogen-bond donors (Lipinski definition) is 2. The molecule has 0 bridgehead atoms. The van der Waals surface area contributed by atoms with Gasteiger partial charge in [-0.3, -0.25) is 4.72 Å². The quantitative estimate of drug-likeness (QED) is 0.269. The molecule has 0 amide bonds. The number of anilines is 2. The van der Waals surface area contributed by atoms with Crippen molar-refractivity contribution in [3.05, 3.63) is 22.7 Å². The van der Waals surface area contributed by atoms with Crippen molar-refractivity contribution in [3.8, 4) is 0 Å². The maximum absolute atomic E-state index is 11.9. The molecule has 0 radical (unpaired) electrons. The van der Waals surface area contributed by atoms with E-state index in [-0.39, 0.29) is 23.4 Å². The molecular formula is C17H22N6O5S2. The third kappa shape index (κ3) is 5.29. The summed E-state index contributed by atoms with van der Waals surface area (Å²) in [4.78, 5) is 14.0. The summed E-state index contributed by atoms with van der Waals surface area (Å²) in [7, 11) is 0.599. The molecule has 162 valence electrons. The Morgan fingerprint density at radius 1 is 1.33 bits per heavy atom. The lowest BCUT2D eigenvalue weighted by Crippen LogP contribution is -2.33. The zero-order chi connectivity index (χ0) is 21.7. The van der Waals surface area contributed by atoms with Gasteiger partial charge in [-0.2, -0.15) is 0 Å². The van der Waals surface area contributed by atoms with Gasteiger partial charge in [0.1, 0.15) is 12.3 Å². The zero-order valence-electron chi connectivity index (χ0n) is 16.7. The third-order valence-corrected chi connectivity index (χ3v) is 5.85. The van der Waals surface area contributed by atoms with Crippen molar-refractivity contribution in [1.82, 2.24) is 10.2 Å². The topological polar surface area (TPSA) is 135 Å². The van der Waals surface area contributed by atoms with Crippen LogP contribution >= 0.6 is 11.3 Å². The van der Waals surface area contributed by atoms with E-state index in [0.717, 1.165) is 35.4 Å². The van der Waals surface area contributed by atoms with Gasteiger partial charge in [-0.15, -0.1) is 20.4 Å². The van der Waals surface area contributed by atoms with Crippen molar-refractivity contribution in [3.63, 3.8) is 0 Å². The first-order chi connectivity index (χ1) is 14.4. The Hall–Kier alpha value is -2.64. The van der Waals surface area contributed by atoms with E-state index in [0.29, 0.717) is 17.4 Å². The lowest BCUT2D eigenvalue weighted by molar-refractivity contribution is 0.0387. The van der Waals surface area contributed by atoms with Gasteiger partial charge in [0.2, 0.25) is 15.9 Å². The van der Waals surface area contributed by atoms with E-state index < -0.39 is 16.9 Å². The maximum Gasteiger partial charge on any atom is 0.369 e. The van der Waals surface area contributed by atoms with Gasteiger partial charge < -0.3 is 14.4 Å². The number of fused-ring (bicyclic) bond motifs is 1. The summed E-state index contributed by atoms with van der Waals surface area (Å²) in [5.74, 6) is -0.623. The average Bonchev–Trinajstić information content (AvgIpc) is 3.18. The molecule has 0 saturated heterocycles. The lowest BCUT2D eigenvalue weighted by Gasteiger charge is -2.34. The zero-order valence-corrected chi connectivity index (χ0v) is 18.4. The first-order valence-corrected chi connectivity index (χ1v) is 11.1. The number of ether oxygens (including phenoxy) is 2. The molecular weight excluding hydrogens is 432 g/mol. The van der Waals surface area contributed by atoms with Crippen molar-refractivity contribution in [2.75, 3.05) is 37.0 Å². The molecule has 1 aliphatic rings. The summed E-state index contributed by atoms with van der Waals surface area (Å²) < 4.78 is 34.7. The van der Waals surface area contributed by atoms with Crippen LogP contribution in [-0.2, 0) is 26.8 Å². The van der Waals surface area contributed by atoms with Crippen molar-refractivity contribution < 1.29 is 22.7 Å². The molecule has 1 aliphatic heterocycles. The molecule has 30 heavy (non-hydrogen) atoms. The molecule has 1 aromatic heterocycles. The number of aromatic nitrogens is 2. The fourth-order valence-corrected chi connectivity index (χ4v) is 3.87. The van der Waals surface area contributed by atoms with Crippen LogP contribution in [0.25, 0.3) is 0 Å². The number of carbonyl (C=O) groups is 1. The van der Waals surface area contributed by atoms with Crippen LogP contribution in [0.15, 0.2) is 22.4 Å². The minimum atomic E-state index is -2.88. The Kier molecular flexibility index (Phi) is 7.29. The highest BCUT2D eigenvalue weighted by molar-refractivity contribution is 7.73. The molecule has 2 heterocycles. The second-order valence-electron chi connectivity index (χ2n) is 6.58. The smallest absolute Gasteiger partial charge is 0.369 e. The summed E-state index contributed by atoms with van der Waals surface area (Å²) >= 11 is 0.921. The molecule has 1 unspecified atom stereocenters. The van der Waals surface area contributed by atoms with Gasteiger partial charge in [0.05, 0.1) is 12.3 Å². The van der Waals surface area contributed by atoms with Crippen molar-refractivity contribution in [2.24, 2.45) is 10.2 Å². The Morgan fingerprint density at radius 2 is 2.13 bits per heavy atom. The van der Waals surface area contributed by atoms with Crippen LogP contribution in [0.3, 0.4) is 0 Å². The summed E-state index contributed by atoms with van der Waals surface area (Å²) in [5.41, 5.74) is 2.67. The predicted octanol–water partition coefficient (Wildman–Crippen LogP) is 2.47. The van der Waals surface area contributed by atoms with Crippen LogP contribution in [0.5, 0.6) is 0 Å². The van der Waals surface area contributed by atoms with Gasteiger partial charge in [0, 0.05) is 25.9 Å². The molecule has 13 heteroatoms. The number of carbonyl (C=O) groups excluding carboxylic acids is 1. The van der Waals surface area contributed by atoms with E-state index in [1.807, 2.05) is 13.1 Å². The standard InChI is InChI=1S/C17H22N6O5S2/c1-10-4-5-11-8-12(13(22-30(25)26)9-14(11)23(10)2)18-20-17-21-19-15(29-17)16(24)28-7-6-27-3/h8-10,30H,4-7H2,1-3H3,(H,22,25,26). The van der Waals surface area contributed by atoms with E-state index in [9.17, 15) is 13.2 Å². The van der Waals surface area contributed by atoms with Crippen LogP contribution in [0, 0.1) is 0 Å². The number of azo groups is 1. The van der Waals surface area contributed by atoms with E-state index in [2.05, 4.69) is 37.0 Å². The van der Waals surface area contributed by atoms with Gasteiger partial charge >= 0.3 is 5.97 Å². The van der Waals surface area contributed by atoms with Crippen LogP contribution in [0.4, 0.5) is 22.2 Å². The third-order valence-electron chi connectivity index (χ3n) is 4.63. The van der Waals surface area contributed by atoms with Crippen LogP contribution in [0.1, 0.15) is 28.7 Å². The SMILES string of the molecule is COCCOC(=O)c1nnc(N=Nc2cc3c(cc2N[SH](=O)=O)N(C)C(C)CC3)s1. The Morgan fingerprint density at radius 3 is 2.87 bits per heavy atom. The molecule has 0 spiro atoms.